The number of aromatic amines is 1. The smallest absolute Gasteiger partial charge is 0.255 e. The zero-order valence-electron chi connectivity index (χ0n) is 15.4. The van der Waals surface area contributed by atoms with Crippen molar-refractivity contribution in [2.24, 2.45) is 0 Å². The molecule has 8 heteroatoms. The fourth-order valence-electron chi connectivity index (χ4n) is 3.11. The second kappa shape index (κ2) is 7.84. The molecule has 1 aliphatic rings. The first-order chi connectivity index (χ1) is 12.5. The summed E-state index contributed by atoms with van der Waals surface area (Å²) in [5.41, 5.74) is 2.33. The molecule has 1 atom stereocenters. The van der Waals surface area contributed by atoms with Gasteiger partial charge in [-0.25, -0.2) is 0 Å². The third-order valence-electron chi connectivity index (χ3n) is 4.72. The molecule has 1 aromatic carbocycles. The summed E-state index contributed by atoms with van der Waals surface area (Å²) in [5.74, 6) is -0.171. The summed E-state index contributed by atoms with van der Waals surface area (Å²) in [7, 11) is 3.64. The normalized spacial score (nSPS) is 18.0. The Hall–Kier alpha value is -2.45. The molecular formula is C18H25N5O3. The summed E-state index contributed by atoms with van der Waals surface area (Å²) in [6.07, 6.45) is 1.71. The lowest BCUT2D eigenvalue weighted by Gasteiger charge is -2.31. The van der Waals surface area contributed by atoms with E-state index in [-0.39, 0.29) is 17.9 Å². The molecule has 1 aromatic heterocycles. The lowest BCUT2D eigenvalue weighted by molar-refractivity contribution is -0.131. The van der Waals surface area contributed by atoms with E-state index in [1.807, 2.05) is 31.0 Å². The average Bonchev–Trinajstić information content (AvgIpc) is 3.08. The monoisotopic (exact) mass is 359 g/mol. The van der Waals surface area contributed by atoms with Crippen molar-refractivity contribution in [1.82, 2.24) is 25.3 Å². The Morgan fingerprint density at radius 2 is 2.27 bits per heavy atom. The van der Waals surface area contributed by atoms with Gasteiger partial charge in [-0.05, 0) is 31.7 Å². The second-order valence-corrected chi connectivity index (χ2v) is 6.74. The minimum absolute atomic E-state index is 0.0698. The molecular weight excluding hydrogens is 334 g/mol. The molecule has 1 saturated heterocycles. The number of rotatable bonds is 5. The maximum absolute atomic E-state index is 12.8. The number of hydrogen-bond donors (Lipinski definition) is 2. The van der Waals surface area contributed by atoms with Crippen LogP contribution in [0.15, 0.2) is 18.3 Å². The van der Waals surface area contributed by atoms with Gasteiger partial charge in [-0.1, -0.05) is 0 Å². The van der Waals surface area contributed by atoms with Crippen LogP contribution < -0.4 is 5.32 Å². The van der Waals surface area contributed by atoms with Gasteiger partial charge in [0.1, 0.15) is 6.04 Å². The Kier molecular flexibility index (Phi) is 5.53. The maximum Gasteiger partial charge on any atom is 0.255 e. The number of morpholine rings is 1. The van der Waals surface area contributed by atoms with Crippen molar-refractivity contribution >= 4 is 22.7 Å². The topological polar surface area (TPSA) is 90.6 Å². The van der Waals surface area contributed by atoms with Crippen LogP contribution in [0.25, 0.3) is 10.9 Å². The van der Waals surface area contributed by atoms with Gasteiger partial charge in [0.2, 0.25) is 5.91 Å². The third kappa shape index (κ3) is 3.86. The van der Waals surface area contributed by atoms with Gasteiger partial charge in [-0.3, -0.25) is 19.6 Å². The average molecular weight is 359 g/mol. The van der Waals surface area contributed by atoms with E-state index in [4.69, 9.17) is 4.74 Å². The summed E-state index contributed by atoms with van der Waals surface area (Å²) in [5, 5.41) is 10.7. The van der Waals surface area contributed by atoms with Gasteiger partial charge in [0.05, 0.1) is 30.5 Å². The van der Waals surface area contributed by atoms with E-state index < -0.39 is 0 Å². The number of amides is 2. The summed E-state index contributed by atoms with van der Waals surface area (Å²) in [6.45, 7) is 4.55. The molecule has 0 bridgehead atoms. The van der Waals surface area contributed by atoms with Gasteiger partial charge in [0.15, 0.2) is 0 Å². The van der Waals surface area contributed by atoms with E-state index in [0.717, 1.165) is 23.0 Å². The van der Waals surface area contributed by atoms with E-state index in [1.165, 1.54) is 0 Å². The number of carbonyl (C=O) groups excluding carboxylic acids is 2. The number of hydrogen-bond acceptors (Lipinski definition) is 5. The number of likely N-dealkylation sites (N-methyl/N-ethyl adjacent to an activating group) is 2. The van der Waals surface area contributed by atoms with Crippen LogP contribution >= 0.6 is 0 Å². The van der Waals surface area contributed by atoms with Gasteiger partial charge in [0, 0.05) is 32.1 Å². The van der Waals surface area contributed by atoms with Crippen molar-refractivity contribution < 1.29 is 14.3 Å². The molecule has 1 fully saturated rings. The molecule has 0 saturated carbocycles. The standard InChI is InChI=1S/C18H25N5O3/c1-12-8-13-10-20-21-16(13)14(9-12)18(25)23(3)5-4-19-17(24)15-11-26-7-6-22(15)2/h8-10,15H,4-7,11H2,1-3H3,(H,19,24)(H,20,21). The molecule has 1 unspecified atom stereocenters. The van der Waals surface area contributed by atoms with Gasteiger partial charge < -0.3 is 15.0 Å². The van der Waals surface area contributed by atoms with Crippen LogP contribution in [0.2, 0.25) is 0 Å². The second-order valence-electron chi connectivity index (χ2n) is 6.74. The number of ether oxygens (including phenoxy) is 1. The van der Waals surface area contributed by atoms with Crippen molar-refractivity contribution in [3.05, 3.63) is 29.5 Å². The van der Waals surface area contributed by atoms with Crippen LogP contribution in [0.4, 0.5) is 0 Å². The Morgan fingerprint density at radius 1 is 1.46 bits per heavy atom. The first-order valence-electron chi connectivity index (χ1n) is 8.72. The highest BCUT2D eigenvalue weighted by Gasteiger charge is 2.26. The molecule has 0 spiro atoms. The molecule has 2 heterocycles. The predicted octanol–water partition coefficient (Wildman–Crippen LogP) is 0.390. The third-order valence-corrected chi connectivity index (χ3v) is 4.72. The zero-order valence-corrected chi connectivity index (χ0v) is 15.4. The van der Waals surface area contributed by atoms with E-state index in [9.17, 15) is 9.59 Å². The quantitative estimate of drug-likeness (QED) is 0.806. The Morgan fingerprint density at radius 3 is 3.04 bits per heavy atom. The minimum atomic E-state index is -0.272. The highest BCUT2D eigenvalue weighted by Crippen LogP contribution is 2.19. The minimum Gasteiger partial charge on any atom is -0.378 e. The molecule has 2 aromatic rings. The Balaban J connectivity index is 1.57. The highest BCUT2D eigenvalue weighted by atomic mass is 16.5. The summed E-state index contributed by atoms with van der Waals surface area (Å²) >= 11 is 0. The summed E-state index contributed by atoms with van der Waals surface area (Å²) in [6, 6.07) is 3.57. The number of nitrogens with one attached hydrogen (secondary N) is 2. The van der Waals surface area contributed by atoms with Gasteiger partial charge in [0.25, 0.3) is 5.91 Å². The van der Waals surface area contributed by atoms with Crippen molar-refractivity contribution in [3.8, 4) is 0 Å². The molecule has 8 nitrogen and oxygen atoms in total. The van der Waals surface area contributed by atoms with Crippen LogP contribution in [0.3, 0.4) is 0 Å². The van der Waals surface area contributed by atoms with E-state index in [0.29, 0.717) is 31.9 Å². The van der Waals surface area contributed by atoms with Crippen LogP contribution in [0.5, 0.6) is 0 Å². The van der Waals surface area contributed by atoms with Crippen LogP contribution in [0, 0.1) is 6.92 Å². The van der Waals surface area contributed by atoms with Crippen molar-refractivity contribution in [1.29, 1.82) is 0 Å². The Labute approximate surface area is 152 Å². The molecule has 1 aliphatic heterocycles. The molecule has 140 valence electrons. The molecule has 3 rings (SSSR count). The van der Waals surface area contributed by atoms with Crippen molar-refractivity contribution in [2.45, 2.75) is 13.0 Å². The van der Waals surface area contributed by atoms with Gasteiger partial charge in [-0.2, -0.15) is 5.10 Å². The number of nitrogens with zero attached hydrogens (tertiary/aromatic N) is 3. The van der Waals surface area contributed by atoms with Gasteiger partial charge >= 0.3 is 0 Å². The van der Waals surface area contributed by atoms with Crippen LogP contribution in [-0.4, -0.2) is 84.8 Å². The highest BCUT2D eigenvalue weighted by molar-refractivity contribution is 6.05. The SMILES string of the molecule is Cc1cc(C(=O)N(C)CCNC(=O)C2COCCN2C)c2[nH]ncc2c1. The molecule has 26 heavy (non-hydrogen) atoms. The largest absolute Gasteiger partial charge is 0.378 e. The number of aryl methyl sites for hydroxylation is 1. The van der Waals surface area contributed by atoms with Gasteiger partial charge in [-0.15, -0.1) is 0 Å². The number of fused-ring (bicyclic) bond motifs is 1. The maximum atomic E-state index is 12.8. The van der Waals surface area contributed by atoms with E-state index >= 15 is 0 Å². The van der Waals surface area contributed by atoms with Crippen molar-refractivity contribution in [2.75, 3.05) is 46.9 Å². The van der Waals surface area contributed by atoms with Crippen LogP contribution in [-0.2, 0) is 9.53 Å². The van der Waals surface area contributed by atoms with E-state index in [1.54, 1.807) is 18.1 Å². The number of benzene rings is 1. The lowest BCUT2D eigenvalue weighted by Crippen LogP contribution is -2.52. The molecule has 0 aliphatic carbocycles. The molecule has 2 amide bonds. The summed E-state index contributed by atoms with van der Waals surface area (Å²) in [4.78, 5) is 28.6. The molecule has 0 radical (unpaired) electrons. The fourth-order valence-corrected chi connectivity index (χ4v) is 3.11. The lowest BCUT2D eigenvalue weighted by atomic mass is 10.1. The van der Waals surface area contributed by atoms with Crippen molar-refractivity contribution in [3.63, 3.8) is 0 Å². The number of H-pyrrole nitrogens is 1. The van der Waals surface area contributed by atoms with Crippen LogP contribution in [0.1, 0.15) is 15.9 Å². The first kappa shape index (κ1) is 18.3. The fraction of sp³-hybridized carbons (Fsp3) is 0.500. The Bertz CT molecular complexity index is 803. The zero-order chi connectivity index (χ0) is 18.7. The predicted molar refractivity (Wildman–Crippen MR) is 98.0 cm³/mol. The first-order valence-corrected chi connectivity index (χ1v) is 8.72. The molecule has 2 N–H and O–H groups in total. The number of carbonyl (C=O) groups is 2. The number of aromatic nitrogens is 2. The summed E-state index contributed by atoms with van der Waals surface area (Å²) < 4.78 is 5.37. The van der Waals surface area contributed by atoms with E-state index in [2.05, 4.69) is 15.5 Å².